The molecule has 0 atom stereocenters. The number of aromatic amines is 1. The number of para-hydroxylation sites is 1. The monoisotopic (exact) mass is 233 g/mol. The molecule has 1 heterocycles. The Balaban J connectivity index is 2.74. The lowest BCUT2D eigenvalue weighted by Gasteiger charge is -2.03. The molecule has 16 heavy (non-hydrogen) atoms. The summed E-state index contributed by atoms with van der Waals surface area (Å²) in [6, 6.07) is 10.4. The van der Waals surface area contributed by atoms with Gasteiger partial charge in [-0.25, -0.2) is 9.78 Å². The highest BCUT2D eigenvalue weighted by molar-refractivity contribution is 7.79. The number of hydrogen-bond donors (Lipinski definition) is 2. The number of nitrogens with zero attached hydrogens (tertiary/aromatic N) is 1. The van der Waals surface area contributed by atoms with E-state index in [2.05, 4.69) is 17.6 Å². The van der Waals surface area contributed by atoms with Crippen LogP contribution in [0.1, 0.15) is 10.5 Å². The summed E-state index contributed by atoms with van der Waals surface area (Å²) in [5.41, 5.74) is 0.685. The minimum Gasteiger partial charge on any atom is -0.294 e. The number of thiol groups is 1. The van der Waals surface area contributed by atoms with Crippen LogP contribution in [0.3, 0.4) is 0 Å². The van der Waals surface area contributed by atoms with E-state index < -0.39 is 0 Å². The summed E-state index contributed by atoms with van der Waals surface area (Å²) in [7, 11) is 0. The van der Waals surface area contributed by atoms with Gasteiger partial charge in [-0.1, -0.05) is 30.8 Å². The Kier molecular flexibility index (Phi) is 2.87. The Morgan fingerprint density at radius 3 is 2.56 bits per heavy atom. The normalized spacial score (nSPS) is 10.1. The van der Waals surface area contributed by atoms with Gasteiger partial charge in [0.2, 0.25) is 0 Å². The van der Waals surface area contributed by atoms with Gasteiger partial charge in [0.15, 0.2) is 12.0 Å². The van der Waals surface area contributed by atoms with Crippen molar-refractivity contribution in [1.29, 1.82) is 0 Å². The van der Waals surface area contributed by atoms with Crippen LogP contribution in [0, 0.1) is 0 Å². The summed E-state index contributed by atoms with van der Waals surface area (Å²) < 4.78 is 1.57. The second-order valence-corrected chi connectivity index (χ2v) is 3.59. The van der Waals surface area contributed by atoms with Crippen molar-refractivity contribution in [3.8, 4) is 5.69 Å². The Morgan fingerprint density at radius 1 is 1.25 bits per heavy atom. The molecular weight excluding hydrogens is 224 g/mol. The van der Waals surface area contributed by atoms with E-state index >= 15 is 0 Å². The third kappa shape index (κ3) is 1.90. The minimum absolute atomic E-state index is 0.264. The highest BCUT2D eigenvalue weighted by atomic mass is 32.1. The lowest BCUT2D eigenvalue weighted by molar-refractivity contribution is -0.642. The van der Waals surface area contributed by atoms with Gasteiger partial charge in [0.1, 0.15) is 5.69 Å². The molecule has 0 aliphatic carbocycles. The molecule has 4 nitrogen and oxygen atoms in total. The second kappa shape index (κ2) is 4.32. The maximum atomic E-state index is 11.2. The standard InChI is InChI=1S/C11H8N2O2S/c14-7-9-6-10(15)12-11(16)13(9)8-4-2-1-3-5-8/h1-7H,(H,12,15,16)/p+1. The van der Waals surface area contributed by atoms with E-state index in [-0.39, 0.29) is 11.3 Å². The summed E-state index contributed by atoms with van der Waals surface area (Å²) in [5, 5.41) is 0.320. The van der Waals surface area contributed by atoms with Crippen molar-refractivity contribution >= 4 is 18.9 Å². The predicted octanol–water partition coefficient (Wildman–Crippen LogP) is 0.753. The molecule has 0 fully saturated rings. The Morgan fingerprint density at radius 2 is 1.94 bits per heavy atom. The number of aromatic nitrogens is 2. The number of nitrogens with one attached hydrogen (secondary N) is 1. The number of aldehydes is 1. The molecule has 0 unspecified atom stereocenters. The Hall–Kier alpha value is -1.88. The Labute approximate surface area is 97.0 Å². The fourth-order valence-electron chi connectivity index (χ4n) is 1.46. The molecule has 80 valence electrons. The van der Waals surface area contributed by atoms with Crippen molar-refractivity contribution in [3.05, 3.63) is 52.4 Å². The van der Waals surface area contributed by atoms with E-state index in [1.807, 2.05) is 30.3 Å². The average Bonchev–Trinajstić information content (AvgIpc) is 2.29. The average molecular weight is 233 g/mol. The van der Waals surface area contributed by atoms with Crippen molar-refractivity contribution in [1.82, 2.24) is 4.98 Å². The first-order valence-electron chi connectivity index (χ1n) is 4.61. The third-order valence-corrected chi connectivity index (χ3v) is 2.43. The van der Waals surface area contributed by atoms with Crippen molar-refractivity contribution in [2.75, 3.05) is 0 Å². The molecule has 2 aromatic rings. The van der Waals surface area contributed by atoms with Crippen LogP contribution < -0.4 is 10.1 Å². The molecule has 0 radical (unpaired) electrons. The summed E-state index contributed by atoms with van der Waals surface area (Å²) in [5.74, 6) is 0. The molecular formula is C11H9N2O2S+. The van der Waals surface area contributed by atoms with Gasteiger partial charge < -0.3 is 0 Å². The third-order valence-electron chi connectivity index (χ3n) is 2.12. The zero-order chi connectivity index (χ0) is 11.5. The van der Waals surface area contributed by atoms with E-state index in [4.69, 9.17) is 0 Å². The van der Waals surface area contributed by atoms with Gasteiger partial charge in [0.05, 0.1) is 6.07 Å². The fourth-order valence-corrected chi connectivity index (χ4v) is 1.80. The molecule has 0 amide bonds. The van der Waals surface area contributed by atoms with E-state index in [9.17, 15) is 9.59 Å². The Bertz CT molecular complexity index is 578. The zero-order valence-electron chi connectivity index (χ0n) is 8.25. The molecule has 1 N–H and O–H groups in total. The lowest BCUT2D eigenvalue weighted by atomic mass is 10.3. The van der Waals surface area contributed by atoms with Gasteiger partial charge in [0.25, 0.3) is 0 Å². The number of benzene rings is 1. The second-order valence-electron chi connectivity index (χ2n) is 3.17. The number of carbonyl (C=O) groups excluding carboxylic acids is 1. The van der Waals surface area contributed by atoms with Crippen LogP contribution in [0.5, 0.6) is 0 Å². The fraction of sp³-hybridized carbons (Fsp3) is 0. The smallest absolute Gasteiger partial charge is 0.294 e. The van der Waals surface area contributed by atoms with Crippen LogP contribution >= 0.6 is 12.6 Å². The summed E-state index contributed by atoms with van der Waals surface area (Å²) in [6.45, 7) is 0. The molecule has 2 rings (SSSR count). The van der Waals surface area contributed by atoms with Crippen molar-refractivity contribution in [3.63, 3.8) is 0 Å². The molecule has 0 saturated carbocycles. The summed E-state index contributed by atoms with van der Waals surface area (Å²) in [6.07, 6.45) is 0.627. The number of hydrogen-bond acceptors (Lipinski definition) is 3. The van der Waals surface area contributed by atoms with Gasteiger partial charge >= 0.3 is 10.7 Å². The van der Waals surface area contributed by atoms with Crippen LogP contribution in [-0.2, 0) is 0 Å². The molecule has 0 aliphatic rings. The first-order chi connectivity index (χ1) is 7.72. The van der Waals surface area contributed by atoms with Crippen LogP contribution in [0.4, 0.5) is 0 Å². The van der Waals surface area contributed by atoms with E-state index in [0.717, 1.165) is 5.69 Å². The topological polar surface area (TPSA) is 53.8 Å². The first-order valence-corrected chi connectivity index (χ1v) is 5.06. The summed E-state index contributed by atoms with van der Waals surface area (Å²) in [4.78, 5) is 24.6. The SMILES string of the molecule is O=Cc1cc(=O)[nH]c(S)[n+]1-c1ccccc1. The maximum Gasteiger partial charge on any atom is 0.336 e. The van der Waals surface area contributed by atoms with E-state index in [0.29, 0.717) is 11.4 Å². The molecule has 0 aliphatic heterocycles. The number of carbonyl (C=O) groups is 1. The van der Waals surface area contributed by atoms with Crippen molar-refractivity contribution in [2.24, 2.45) is 0 Å². The van der Waals surface area contributed by atoms with Crippen LogP contribution in [0.25, 0.3) is 5.69 Å². The van der Waals surface area contributed by atoms with Gasteiger partial charge in [-0.3, -0.25) is 4.79 Å². The van der Waals surface area contributed by atoms with E-state index in [1.165, 1.54) is 6.07 Å². The molecule has 0 bridgehead atoms. The largest absolute Gasteiger partial charge is 0.336 e. The summed E-state index contributed by atoms with van der Waals surface area (Å²) >= 11 is 4.15. The molecule has 5 heteroatoms. The van der Waals surface area contributed by atoms with Gasteiger partial charge in [-0.2, -0.15) is 4.57 Å². The van der Waals surface area contributed by atoms with Gasteiger partial charge in [-0.15, -0.1) is 0 Å². The zero-order valence-corrected chi connectivity index (χ0v) is 9.15. The highest BCUT2D eigenvalue weighted by Crippen LogP contribution is 2.02. The maximum absolute atomic E-state index is 11.2. The highest BCUT2D eigenvalue weighted by Gasteiger charge is 2.15. The molecule has 1 aromatic heterocycles. The van der Waals surface area contributed by atoms with Gasteiger partial charge in [0, 0.05) is 0 Å². The van der Waals surface area contributed by atoms with Crippen LogP contribution in [-0.4, -0.2) is 11.3 Å². The molecule has 0 spiro atoms. The molecule has 0 saturated heterocycles. The van der Waals surface area contributed by atoms with Gasteiger partial charge in [-0.05, 0) is 12.1 Å². The molecule has 1 aromatic carbocycles. The van der Waals surface area contributed by atoms with Crippen LogP contribution in [0.15, 0.2) is 46.3 Å². The lowest BCUT2D eigenvalue weighted by Crippen LogP contribution is -2.41. The number of H-pyrrole nitrogens is 1. The minimum atomic E-state index is -0.348. The van der Waals surface area contributed by atoms with E-state index in [1.54, 1.807) is 4.57 Å². The van der Waals surface area contributed by atoms with Crippen molar-refractivity contribution in [2.45, 2.75) is 5.16 Å². The number of rotatable bonds is 2. The quantitative estimate of drug-likeness (QED) is 0.348. The first kappa shape index (κ1) is 10.6. The van der Waals surface area contributed by atoms with Crippen LogP contribution in [0.2, 0.25) is 0 Å². The van der Waals surface area contributed by atoms with Crippen molar-refractivity contribution < 1.29 is 9.36 Å². The predicted molar refractivity (Wildman–Crippen MR) is 61.2 cm³/mol.